The minimum Gasteiger partial charge on any atom is -0.337 e. The maximum absolute atomic E-state index is 12.1. The Bertz CT molecular complexity index is 727. The molecule has 0 aliphatic carbocycles. The molecular formula is C15H13BrN2O3S. The second-order valence-corrected chi connectivity index (χ2v) is 7.10. The number of para-hydroxylation sites is 1. The van der Waals surface area contributed by atoms with E-state index in [1.165, 1.54) is 18.2 Å². The molecule has 0 atom stereocenters. The van der Waals surface area contributed by atoms with Crippen LogP contribution in [0, 0.1) is 10.1 Å². The molecule has 0 aliphatic heterocycles. The second kappa shape index (κ2) is 7.33. The summed E-state index contributed by atoms with van der Waals surface area (Å²) in [5.74, 6) is -0.206. The molecule has 0 radical (unpaired) electrons. The average molecular weight is 381 g/mol. The molecule has 0 bridgehead atoms. The van der Waals surface area contributed by atoms with Crippen molar-refractivity contribution >= 4 is 44.9 Å². The van der Waals surface area contributed by atoms with E-state index in [1.807, 2.05) is 12.1 Å². The molecule has 0 N–H and O–H groups in total. The number of nitro groups is 1. The van der Waals surface area contributed by atoms with Crippen LogP contribution in [0.3, 0.4) is 0 Å². The molecule has 114 valence electrons. The Labute approximate surface area is 140 Å². The number of thiophene rings is 1. The zero-order valence-corrected chi connectivity index (χ0v) is 14.1. The molecule has 5 nitrogen and oxygen atoms in total. The smallest absolute Gasteiger partial charge is 0.276 e. The van der Waals surface area contributed by atoms with E-state index in [9.17, 15) is 14.9 Å². The van der Waals surface area contributed by atoms with E-state index < -0.39 is 4.92 Å². The number of benzene rings is 1. The molecule has 7 heteroatoms. The summed E-state index contributed by atoms with van der Waals surface area (Å²) in [6.07, 6.45) is 2.83. The van der Waals surface area contributed by atoms with Crippen LogP contribution in [0.1, 0.15) is 10.4 Å². The van der Waals surface area contributed by atoms with Gasteiger partial charge in [-0.25, -0.2) is 0 Å². The molecule has 0 fully saturated rings. The molecule has 1 aromatic heterocycles. The van der Waals surface area contributed by atoms with Crippen LogP contribution in [0.15, 0.2) is 46.3 Å². The molecule has 22 heavy (non-hydrogen) atoms. The lowest BCUT2D eigenvalue weighted by Gasteiger charge is -2.13. The maximum Gasteiger partial charge on any atom is 0.276 e. The normalized spacial score (nSPS) is 10.8. The predicted molar refractivity (Wildman–Crippen MR) is 90.6 cm³/mol. The van der Waals surface area contributed by atoms with Crippen LogP contribution in [0.25, 0.3) is 6.08 Å². The van der Waals surface area contributed by atoms with Crippen LogP contribution in [0.4, 0.5) is 5.69 Å². The Kier molecular flexibility index (Phi) is 5.46. The Morgan fingerprint density at radius 3 is 2.73 bits per heavy atom. The lowest BCUT2D eigenvalue weighted by atomic mass is 10.1. The second-order valence-electron chi connectivity index (χ2n) is 4.55. The molecule has 1 heterocycles. The number of rotatable bonds is 5. The lowest BCUT2D eigenvalue weighted by Crippen LogP contribution is -2.23. The zero-order chi connectivity index (χ0) is 16.1. The van der Waals surface area contributed by atoms with Crippen LogP contribution >= 0.6 is 27.3 Å². The van der Waals surface area contributed by atoms with Crippen molar-refractivity contribution in [1.82, 2.24) is 4.90 Å². The molecular weight excluding hydrogens is 368 g/mol. The van der Waals surface area contributed by atoms with Gasteiger partial charge in [-0.1, -0.05) is 12.1 Å². The highest BCUT2D eigenvalue weighted by molar-refractivity contribution is 9.11. The Morgan fingerprint density at radius 2 is 2.09 bits per heavy atom. The number of carbonyl (C=O) groups excluding carboxylic acids is 1. The fourth-order valence-electron chi connectivity index (χ4n) is 1.83. The first-order chi connectivity index (χ1) is 10.5. The fourth-order valence-corrected chi connectivity index (χ4v) is 3.37. The number of nitro benzene ring substituents is 1. The number of hydrogen-bond donors (Lipinski definition) is 0. The highest BCUT2D eigenvalue weighted by Crippen LogP contribution is 2.23. The number of amides is 1. The van der Waals surface area contributed by atoms with Gasteiger partial charge in [0, 0.05) is 24.1 Å². The van der Waals surface area contributed by atoms with Gasteiger partial charge in [-0.3, -0.25) is 14.9 Å². The van der Waals surface area contributed by atoms with E-state index >= 15 is 0 Å². The van der Waals surface area contributed by atoms with E-state index in [1.54, 1.807) is 41.5 Å². The summed E-state index contributed by atoms with van der Waals surface area (Å²) in [5, 5.41) is 10.9. The minimum absolute atomic E-state index is 0.0172. The summed E-state index contributed by atoms with van der Waals surface area (Å²) >= 11 is 4.94. The Morgan fingerprint density at radius 1 is 1.36 bits per heavy atom. The van der Waals surface area contributed by atoms with Crippen molar-refractivity contribution in [2.24, 2.45) is 0 Å². The monoisotopic (exact) mass is 380 g/mol. The SMILES string of the molecule is CN(Cc1ccc(Br)s1)C(=O)/C=C/c1ccccc1[N+](=O)[O-]. The fraction of sp³-hybridized carbons (Fsp3) is 0.133. The predicted octanol–water partition coefficient (Wildman–Crippen LogP) is 4.09. The van der Waals surface area contributed by atoms with Crippen molar-refractivity contribution in [3.63, 3.8) is 0 Å². The summed E-state index contributed by atoms with van der Waals surface area (Å²) < 4.78 is 1.01. The van der Waals surface area contributed by atoms with Crippen molar-refractivity contribution in [2.45, 2.75) is 6.54 Å². The summed E-state index contributed by atoms with van der Waals surface area (Å²) in [7, 11) is 1.69. The highest BCUT2D eigenvalue weighted by Gasteiger charge is 2.11. The van der Waals surface area contributed by atoms with Crippen molar-refractivity contribution in [2.75, 3.05) is 7.05 Å². The first-order valence-electron chi connectivity index (χ1n) is 6.38. The van der Waals surface area contributed by atoms with Gasteiger partial charge in [0.2, 0.25) is 5.91 Å². The largest absolute Gasteiger partial charge is 0.337 e. The third-order valence-corrected chi connectivity index (χ3v) is 4.55. The Hall–Kier alpha value is -1.99. The molecule has 0 unspecified atom stereocenters. The van der Waals surface area contributed by atoms with Gasteiger partial charge in [0.05, 0.1) is 20.8 Å². The first-order valence-corrected chi connectivity index (χ1v) is 7.99. The topological polar surface area (TPSA) is 63.5 Å². The van der Waals surface area contributed by atoms with Crippen LogP contribution in [-0.4, -0.2) is 22.8 Å². The van der Waals surface area contributed by atoms with Crippen LogP contribution in [0.2, 0.25) is 0 Å². The van der Waals surface area contributed by atoms with Gasteiger partial charge in [-0.2, -0.15) is 0 Å². The number of halogens is 1. The molecule has 0 saturated heterocycles. The molecule has 0 aliphatic rings. The summed E-state index contributed by atoms with van der Waals surface area (Å²) in [6.45, 7) is 0.496. The van der Waals surface area contributed by atoms with Crippen molar-refractivity contribution in [1.29, 1.82) is 0 Å². The van der Waals surface area contributed by atoms with Gasteiger partial charge in [0.25, 0.3) is 5.69 Å². The van der Waals surface area contributed by atoms with Crippen molar-refractivity contribution < 1.29 is 9.72 Å². The molecule has 1 aromatic carbocycles. The molecule has 1 amide bonds. The standard InChI is InChI=1S/C15H13BrN2O3S/c1-17(10-12-7-8-14(16)22-12)15(19)9-6-11-4-2-3-5-13(11)18(20)21/h2-9H,10H2,1H3/b9-6+. The molecule has 2 rings (SSSR count). The van der Waals surface area contributed by atoms with E-state index in [0.717, 1.165) is 8.66 Å². The van der Waals surface area contributed by atoms with Crippen molar-refractivity contribution in [3.05, 3.63) is 66.8 Å². The highest BCUT2D eigenvalue weighted by atomic mass is 79.9. The lowest BCUT2D eigenvalue weighted by molar-refractivity contribution is -0.385. The number of likely N-dealkylation sites (N-methyl/N-ethyl adjacent to an activating group) is 1. The molecule has 0 spiro atoms. The van der Waals surface area contributed by atoms with Crippen LogP contribution < -0.4 is 0 Å². The van der Waals surface area contributed by atoms with E-state index in [-0.39, 0.29) is 11.6 Å². The quantitative estimate of drug-likeness (QED) is 0.445. The Balaban J connectivity index is 2.06. The van der Waals surface area contributed by atoms with E-state index in [4.69, 9.17) is 0 Å². The van der Waals surface area contributed by atoms with Gasteiger partial charge in [-0.05, 0) is 40.2 Å². The number of hydrogen-bond acceptors (Lipinski definition) is 4. The first kappa shape index (κ1) is 16.4. The molecule has 2 aromatic rings. The van der Waals surface area contributed by atoms with Crippen LogP contribution in [-0.2, 0) is 11.3 Å². The van der Waals surface area contributed by atoms with Gasteiger partial charge in [0.15, 0.2) is 0 Å². The summed E-state index contributed by atoms with van der Waals surface area (Å²) in [4.78, 5) is 25.1. The van der Waals surface area contributed by atoms with Crippen LogP contribution in [0.5, 0.6) is 0 Å². The van der Waals surface area contributed by atoms with Gasteiger partial charge in [-0.15, -0.1) is 11.3 Å². The average Bonchev–Trinajstić information content (AvgIpc) is 2.90. The third kappa shape index (κ3) is 4.25. The van der Waals surface area contributed by atoms with Gasteiger partial charge < -0.3 is 4.90 Å². The van der Waals surface area contributed by atoms with Gasteiger partial charge >= 0.3 is 0 Å². The minimum atomic E-state index is -0.461. The maximum atomic E-state index is 12.1. The number of nitrogens with zero attached hydrogens (tertiary/aromatic N) is 2. The van der Waals surface area contributed by atoms with E-state index in [2.05, 4.69) is 15.9 Å². The zero-order valence-electron chi connectivity index (χ0n) is 11.7. The summed E-state index contributed by atoms with van der Waals surface area (Å²) in [6, 6.07) is 10.2. The van der Waals surface area contributed by atoms with E-state index in [0.29, 0.717) is 12.1 Å². The van der Waals surface area contributed by atoms with Gasteiger partial charge in [0.1, 0.15) is 0 Å². The number of carbonyl (C=O) groups is 1. The molecule has 0 saturated carbocycles. The van der Waals surface area contributed by atoms with Crippen molar-refractivity contribution in [3.8, 4) is 0 Å². The third-order valence-electron chi connectivity index (χ3n) is 2.94. The summed E-state index contributed by atoms with van der Waals surface area (Å²) in [5.41, 5.74) is 0.393.